The summed E-state index contributed by atoms with van der Waals surface area (Å²) < 4.78 is 4.10. The maximum Gasteiger partial charge on any atom is 2.00 e. The molecule has 1 heterocycles. The fraction of sp³-hybridized carbons (Fsp3) is 0.765. The van der Waals surface area contributed by atoms with E-state index >= 15 is 0 Å². The number of carbonyl (C=O) groups excluding carboxylic acids is 2. The molecule has 0 bridgehead atoms. The summed E-state index contributed by atoms with van der Waals surface area (Å²) in [6, 6.07) is 0. The largest absolute Gasteiger partial charge is 2.00 e. The van der Waals surface area contributed by atoms with E-state index in [1.807, 2.05) is 27.7 Å². The number of rotatable bonds is 3. The van der Waals surface area contributed by atoms with E-state index in [0.717, 1.165) is 12.3 Å². The fourth-order valence-electron chi connectivity index (χ4n) is 1.11. The smallest absolute Gasteiger partial charge is 0.371 e. The van der Waals surface area contributed by atoms with E-state index in [9.17, 15) is 9.59 Å². The van der Waals surface area contributed by atoms with Crippen molar-refractivity contribution in [2.24, 2.45) is 17.8 Å². The number of hydrogen-bond acceptors (Lipinski definition) is 4. The molecule has 140 valence electrons. The SMILES string of the molecule is CC.CC(C)C1CC(=O)NC1=O.COCO.[CH2-]CC(C)C.[CH3-].[W+2]. The summed E-state index contributed by atoms with van der Waals surface area (Å²) in [5.74, 6) is 0.706. The van der Waals surface area contributed by atoms with Crippen molar-refractivity contribution in [2.45, 2.75) is 54.4 Å². The van der Waals surface area contributed by atoms with E-state index in [2.05, 4.69) is 30.8 Å². The van der Waals surface area contributed by atoms with Crippen molar-refractivity contribution in [3.8, 4) is 0 Å². The van der Waals surface area contributed by atoms with E-state index in [4.69, 9.17) is 5.11 Å². The molecule has 1 aliphatic rings. The Morgan fingerprint density at radius 3 is 1.70 bits per heavy atom. The summed E-state index contributed by atoms with van der Waals surface area (Å²) in [5, 5.41) is 9.92. The van der Waals surface area contributed by atoms with Crippen LogP contribution in [0.5, 0.6) is 0 Å². The van der Waals surface area contributed by atoms with Crippen LogP contribution in [0.15, 0.2) is 0 Å². The van der Waals surface area contributed by atoms with Gasteiger partial charge in [0.2, 0.25) is 11.8 Å². The molecule has 0 aromatic rings. The normalized spacial score (nSPS) is 14.8. The van der Waals surface area contributed by atoms with Crippen LogP contribution < -0.4 is 5.32 Å². The number of aliphatic hydroxyl groups excluding tert-OH is 1. The van der Waals surface area contributed by atoms with Gasteiger partial charge in [-0.1, -0.05) is 47.5 Å². The van der Waals surface area contributed by atoms with Crippen molar-refractivity contribution >= 4 is 11.8 Å². The van der Waals surface area contributed by atoms with Gasteiger partial charge in [0, 0.05) is 19.4 Å². The molecular formula is C17H37NO4W. The summed E-state index contributed by atoms with van der Waals surface area (Å²) in [4.78, 5) is 21.5. The van der Waals surface area contributed by atoms with Gasteiger partial charge in [-0.05, 0) is 5.92 Å². The zero-order valence-electron chi connectivity index (χ0n) is 16.1. The van der Waals surface area contributed by atoms with Gasteiger partial charge >= 0.3 is 21.1 Å². The molecule has 1 saturated heterocycles. The molecule has 2 amide bonds. The van der Waals surface area contributed by atoms with Crippen LogP contribution >= 0.6 is 0 Å². The predicted molar refractivity (Wildman–Crippen MR) is 92.8 cm³/mol. The van der Waals surface area contributed by atoms with Crippen LogP contribution in [-0.4, -0.2) is 30.8 Å². The van der Waals surface area contributed by atoms with Gasteiger partial charge in [-0.15, -0.1) is 0 Å². The number of nitrogens with one attached hydrogen (secondary N) is 1. The Bertz CT molecular complexity index is 257. The second-order valence-corrected chi connectivity index (χ2v) is 5.07. The van der Waals surface area contributed by atoms with Gasteiger partial charge in [0.25, 0.3) is 0 Å². The standard InChI is InChI=1S/C7H11NO2.C5H11.C2H6O2.C2H6.CH3.W/c1-4(2)5-3-6(9)8-7(5)10;1-4-5(2)3;1-4-2-3;1-2;;/h4-5H,3H2,1-2H3,(H,8,9,10);5H,1,4H2,2-3H3;3H,2H2,1H3;1-2H3;1H3;/q;-1;;;-1;+2. The maximum atomic E-state index is 10.9. The molecular weight excluding hydrogens is 466 g/mol. The molecule has 1 unspecified atom stereocenters. The van der Waals surface area contributed by atoms with Crippen molar-refractivity contribution in [1.29, 1.82) is 0 Å². The minimum Gasteiger partial charge on any atom is -0.371 e. The average Bonchev–Trinajstić information content (AvgIpc) is 2.81. The topological polar surface area (TPSA) is 75.6 Å². The van der Waals surface area contributed by atoms with Crippen molar-refractivity contribution in [3.63, 3.8) is 0 Å². The Morgan fingerprint density at radius 1 is 1.26 bits per heavy atom. The van der Waals surface area contributed by atoms with Gasteiger partial charge in [0.1, 0.15) is 6.79 Å². The first-order valence-corrected chi connectivity index (χ1v) is 7.52. The molecule has 0 aromatic heterocycles. The van der Waals surface area contributed by atoms with E-state index in [1.165, 1.54) is 7.11 Å². The fourth-order valence-corrected chi connectivity index (χ4v) is 1.11. The molecule has 0 spiro atoms. The Labute approximate surface area is 158 Å². The van der Waals surface area contributed by atoms with Gasteiger partial charge in [-0.3, -0.25) is 14.9 Å². The first-order chi connectivity index (χ1) is 9.79. The van der Waals surface area contributed by atoms with E-state index in [-0.39, 0.29) is 58.9 Å². The number of amides is 2. The van der Waals surface area contributed by atoms with Crippen LogP contribution in [0.2, 0.25) is 0 Å². The molecule has 1 rings (SSSR count). The first-order valence-electron chi connectivity index (χ1n) is 7.52. The summed E-state index contributed by atoms with van der Waals surface area (Å²) in [6.45, 7) is 15.7. The van der Waals surface area contributed by atoms with E-state index < -0.39 is 0 Å². The van der Waals surface area contributed by atoms with Crippen LogP contribution in [0.4, 0.5) is 0 Å². The van der Waals surface area contributed by atoms with Crippen LogP contribution in [0.25, 0.3) is 0 Å². The molecule has 5 nitrogen and oxygen atoms in total. The summed E-state index contributed by atoms with van der Waals surface area (Å²) in [5.41, 5.74) is 0. The van der Waals surface area contributed by atoms with Crippen LogP contribution in [0.3, 0.4) is 0 Å². The number of methoxy groups -OCH3 is 1. The van der Waals surface area contributed by atoms with Crippen LogP contribution in [-0.2, 0) is 35.4 Å². The second-order valence-electron chi connectivity index (χ2n) is 5.07. The summed E-state index contributed by atoms with van der Waals surface area (Å²) in [6.07, 6.45) is 1.43. The van der Waals surface area contributed by atoms with Crippen LogP contribution in [0, 0.1) is 32.1 Å². The second kappa shape index (κ2) is 24.0. The Balaban J connectivity index is -0.0000000718. The molecule has 1 atom stereocenters. The van der Waals surface area contributed by atoms with Gasteiger partial charge < -0.3 is 24.2 Å². The van der Waals surface area contributed by atoms with Gasteiger partial charge in [0.15, 0.2) is 0 Å². The third kappa shape index (κ3) is 24.1. The molecule has 1 fully saturated rings. The molecule has 0 radical (unpaired) electrons. The number of imide groups is 1. The summed E-state index contributed by atoms with van der Waals surface area (Å²) >= 11 is 0. The number of aliphatic hydroxyl groups is 1. The molecule has 0 aliphatic carbocycles. The van der Waals surface area contributed by atoms with Gasteiger partial charge in [-0.25, -0.2) is 0 Å². The number of ether oxygens (including phenoxy) is 1. The molecule has 0 saturated carbocycles. The van der Waals surface area contributed by atoms with Crippen molar-refractivity contribution in [1.82, 2.24) is 5.32 Å². The molecule has 0 aromatic carbocycles. The minimum atomic E-state index is -0.181. The maximum absolute atomic E-state index is 10.9. The van der Waals surface area contributed by atoms with Crippen molar-refractivity contribution < 1.29 is 40.5 Å². The third-order valence-corrected chi connectivity index (χ3v) is 2.52. The van der Waals surface area contributed by atoms with Crippen molar-refractivity contribution in [3.05, 3.63) is 14.4 Å². The van der Waals surface area contributed by atoms with Crippen LogP contribution in [0.1, 0.15) is 54.4 Å². The zero-order chi connectivity index (χ0) is 17.4. The number of carbonyl (C=O) groups is 2. The minimum absolute atomic E-state index is 0. The Kier molecular flexibility index (Phi) is 35.7. The Morgan fingerprint density at radius 2 is 1.61 bits per heavy atom. The Hall–Kier alpha value is -0.252. The molecule has 6 heteroatoms. The third-order valence-electron chi connectivity index (χ3n) is 2.52. The quantitative estimate of drug-likeness (QED) is 0.353. The van der Waals surface area contributed by atoms with E-state index in [0.29, 0.717) is 6.42 Å². The first kappa shape index (κ1) is 34.2. The molecule has 1 aliphatic heterocycles. The van der Waals surface area contributed by atoms with Gasteiger partial charge in [0.05, 0.1) is 0 Å². The number of hydrogen-bond donors (Lipinski definition) is 2. The van der Waals surface area contributed by atoms with Gasteiger partial charge in [-0.2, -0.15) is 6.42 Å². The molecule has 23 heavy (non-hydrogen) atoms. The predicted octanol–water partition coefficient (Wildman–Crippen LogP) is 3.23. The monoisotopic (exact) mass is 503 g/mol. The molecule has 2 N–H and O–H groups in total. The van der Waals surface area contributed by atoms with E-state index in [1.54, 1.807) is 0 Å². The summed E-state index contributed by atoms with van der Waals surface area (Å²) in [7, 11) is 1.43. The zero-order valence-corrected chi connectivity index (χ0v) is 19.1. The van der Waals surface area contributed by atoms with Crippen molar-refractivity contribution in [2.75, 3.05) is 13.9 Å². The average molecular weight is 503 g/mol.